The van der Waals surface area contributed by atoms with Crippen LogP contribution in [0.15, 0.2) is 0 Å². The lowest BCUT2D eigenvalue weighted by Gasteiger charge is -2.57. The Kier molecular flexibility index (Phi) is 9.31. The summed E-state index contributed by atoms with van der Waals surface area (Å²) in [5.41, 5.74) is 0.307. The Hall–Kier alpha value is -0.200. The Morgan fingerprint density at radius 1 is 0.923 bits per heavy atom. The van der Waals surface area contributed by atoms with Crippen molar-refractivity contribution in [2.75, 3.05) is 53.6 Å². The van der Waals surface area contributed by atoms with E-state index in [0.717, 1.165) is 45.1 Å². The van der Waals surface area contributed by atoms with Crippen molar-refractivity contribution in [1.82, 2.24) is 9.80 Å². The first kappa shape index (κ1) is 22.1. The van der Waals surface area contributed by atoms with E-state index in [-0.39, 0.29) is 6.10 Å². The van der Waals surface area contributed by atoms with Crippen LogP contribution in [0.4, 0.5) is 0 Å². The van der Waals surface area contributed by atoms with Crippen molar-refractivity contribution in [3.05, 3.63) is 0 Å². The molecule has 0 radical (unpaired) electrons. The molecule has 3 aliphatic heterocycles. The maximum atomic E-state index is 9.66. The van der Waals surface area contributed by atoms with Crippen molar-refractivity contribution >= 4 is 0 Å². The lowest BCUT2D eigenvalue weighted by Crippen LogP contribution is -2.68. The number of hydrogen-bond donors (Lipinski definition) is 1. The number of aliphatic hydroxyl groups is 1. The fraction of sp³-hybridized carbons (Fsp3) is 1.00. The Balaban J connectivity index is 0.000000256. The van der Waals surface area contributed by atoms with Gasteiger partial charge in [-0.15, -0.1) is 0 Å². The van der Waals surface area contributed by atoms with E-state index in [1.165, 1.54) is 45.2 Å². The van der Waals surface area contributed by atoms with Gasteiger partial charge < -0.3 is 19.5 Å². The molecule has 4 fully saturated rings. The van der Waals surface area contributed by atoms with E-state index in [9.17, 15) is 5.11 Å². The molecule has 0 unspecified atom stereocenters. The average molecular weight is 371 g/mol. The number of nitrogens with zero attached hydrogens (tertiary/aromatic N) is 2. The van der Waals surface area contributed by atoms with Crippen molar-refractivity contribution < 1.29 is 14.6 Å². The SMILES string of the molecule is CC.CN1CCC(C2(N3CCC(O)CC3)COC2)CC1.COC1CCC1. The van der Waals surface area contributed by atoms with Gasteiger partial charge >= 0.3 is 0 Å². The van der Waals surface area contributed by atoms with Crippen LogP contribution in [0.2, 0.25) is 0 Å². The van der Waals surface area contributed by atoms with E-state index in [1.54, 1.807) is 7.11 Å². The molecule has 4 rings (SSSR count). The fourth-order valence-electron chi connectivity index (χ4n) is 4.45. The van der Waals surface area contributed by atoms with Gasteiger partial charge in [-0.1, -0.05) is 13.8 Å². The van der Waals surface area contributed by atoms with Crippen LogP contribution in [-0.2, 0) is 9.47 Å². The van der Waals surface area contributed by atoms with E-state index in [1.807, 2.05) is 13.8 Å². The zero-order valence-electron chi connectivity index (χ0n) is 17.6. The van der Waals surface area contributed by atoms with Crippen molar-refractivity contribution in [2.24, 2.45) is 5.92 Å². The highest BCUT2D eigenvalue weighted by atomic mass is 16.5. The third kappa shape index (κ3) is 5.41. The van der Waals surface area contributed by atoms with Crippen molar-refractivity contribution in [1.29, 1.82) is 0 Å². The summed E-state index contributed by atoms with van der Waals surface area (Å²) in [7, 11) is 4.00. The minimum Gasteiger partial charge on any atom is -0.393 e. The first-order valence-corrected chi connectivity index (χ1v) is 10.9. The third-order valence-electron chi connectivity index (χ3n) is 6.66. The quantitative estimate of drug-likeness (QED) is 0.828. The van der Waals surface area contributed by atoms with Gasteiger partial charge in [-0.05, 0) is 71.0 Å². The summed E-state index contributed by atoms with van der Waals surface area (Å²) < 4.78 is 10.6. The molecule has 3 heterocycles. The molecule has 1 saturated carbocycles. The molecule has 4 aliphatic rings. The first-order valence-electron chi connectivity index (χ1n) is 10.9. The number of rotatable bonds is 3. The van der Waals surface area contributed by atoms with Gasteiger partial charge in [-0.2, -0.15) is 0 Å². The number of likely N-dealkylation sites (tertiary alicyclic amines) is 2. The molecule has 154 valence electrons. The van der Waals surface area contributed by atoms with Gasteiger partial charge in [-0.3, -0.25) is 4.90 Å². The van der Waals surface area contributed by atoms with Crippen molar-refractivity contribution in [2.45, 2.75) is 76.5 Å². The van der Waals surface area contributed by atoms with Gasteiger partial charge in [0, 0.05) is 20.2 Å². The van der Waals surface area contributed by atoms with Crippen molar-refractivity contribution in [3.8, 4) is 0 Å². The number of methoxy groups -OCH3 is 1. The Morgan fingerprint density at radius 3 is 1.85 bits per heavy atom. The molecule has 1 N–H and O–H groups in total. The van der Waals surface area contributed by atoms with Crippen molar-refractivity contribution in [3.63, 3.8) is 0 Å². The summed E-state index contributed by atoms with van der Waals surface area (Å²) in [6.07, 6.45) is 8.98. The second-order valence-corrected chi connectivity index (χ2v) is 8.18. The molecule has 3 saturated heterocycles. The summed E-state index contributed by atoms with van der Waals surface area (Å²) in [6, 6.07) is 0. The molecule has 0 atom stereocenters. The van der Waals surface area contributed by atoms with Crippen LogP contribution < -0.4 is 0 Å². The van der Waals surface area contributed by atoms with E-state index in [0.29, 0.717) is 11.6 Å². The number of hydrogen-bond acceptors (Lipinski definition) is 5. The van der Waals surface area contributed by atoms with Crippen LogP contribution in [-0.4, -0.2) is 86.2 Å². The topological polar surface area (TPSA) is 45.2 Å². The zero-order chi connectivity index (χ0) is 19.0. The van der Waals surface area contributed by atoms with Crippen LogP contribution in [0.5, 0.6) is 0 Å². The summed E-state index contributed by atoms with van der Waals surface area (Å²) >= 11 is 0. The molecule has 0 aromatic carbocycles. The normalized spacial score (nSPS) is 28.0. The minimum absolute atomic E-state index is 0.0724. The van der Waals surface area contributed by atoms with E-state index in [4.69, 9.17) is 9.47 Å². The van der Waals surface area contributed by atoms with Gasteiger partial charge in [0.2, 0.25) is 0 Å². The molecular formula is C21H42N2O3. The summed E-state index contributed by atoms with van der Waals surface area (Å²) in [5, 5.41) is 9.66. The molecular weight excluding hydrogens is 328 g/mol. The highest BCUT2D eigenvalue weighted by Gasteiger charge is 2.50. The number of piperidine rings is 2. The number of ether oxygens (including phenoxy) is 2. The molecule has 26 heavy (non-hydrogen) atoms. The van der Waals surface area contributed by atoms with Gasteiger partial charge in [0.05, 0.1) is 31.0 Å². The Bertz CT molecular complexity index is 343. The summed E-state index contributed by atoms with van der Waals surface area (Å²) in [5.74, 6) is 0.790. The van der Waals surface area contributed by atoms with E-state index < -0.39 is 0 Å². The summed E-state index contributed by atoms with van der Waals surface area (Å²) in [6.45, 7) is 10.4. The van der Waals surface area contributed by atoms with Gasteiger partial charge in [0.15, 0.2) is 0 Å². The molecule has 0 aromatic heterocycles. The third-order valence-corrected chi connectivity index (χ3v) is 6.66. The average Bonchev–Trinajstić information content (AvgIpc) is 2.59. The Labute approximate surface area is 161 Å². The second-order valence-electron chi connectivity index (χ2n) is 8.18. The molecule has 5 heteroatoms. The largest absolute Gasteiger partial charge is 0.393 e. The standard InChI is InChI=1S/C14H26N2O2.C5H10O.C2H6/c1-15-6-2-12(3-7-15)14(10-18-11-14)16-8-4-13(17)5-9-16;1-6-5-3-2-4-5;1-2/h12-13,17H,2-11H2,1H3;5H,2-4H2,1H3;1-2H3. The van der Waals surface area contributed by atoms with Gasteiger partial charge in [0.25, 0.3) is 0 Å². The minimum atomic E-state index is -0.0724. The monoisotopic (exact) mass is 370 g/mol. The molecule has 0 spiro atoms. The maximum absolute atomic E-state index is 9.66. The molecule has 5 nitrogen and oxygen atoms in total. The highest BCUT2D eigenvalue weighted by molar-refractivity contribution is 5.04. The summed E-state index contributed by atoms with van der Waals surface area (Å²) in [4.78, 5) is 5.06. The van der Waals surface area contributed by atoms with Gasteiger partial charge in [-0.25, -0.2) is 0 Å². The molecule has 0 amide bonds. The van der Waals surface area contributed by atoms with Crippen LogP contribution in [0, 0.1) is 5.92 Å². The zero-order valence-corrected chi connectivity index (χ0v) is 17.6. The molecule has 0 bridgehead atoms. The van der Waals surface area contributed by atoms with Crippen LogP contribution in [0.25, 0.3) is 0 Å². The lowest BCUT2D eigenvalue weighted by molar-refractivity contribution is -0.185. The highest BCUT2D eigenvalue weighted by Crippen LogP contribution is 2.40. The predicted octanol–water partition coefficient (Wildman–Crippen LogP) is 2.77. The second kappa shape index (κ2) is 11.0. The van der Waals surface area contributed by atoms with E-state index in [2.05, 4.69) is 16.8 Å². The lowest BCUT2D eigenvalue weighted by atomic mass is 9.74. The van der Waals surface area contributed by atoms with Crippen LogP contribution in [0.1, 0.15) is 58.8 Å². The van der Waals surface area contributed by atoms with E-state index >= 15 is 0 Å². The van der Waals surface area contributed by atoms with Crippen LogP contribution >= 0.6 is 0 Å². The van der Waals surface area contributed by atoms with Crippen LogP contribution in [0.3, 0.4) is 0 Å². The molecule has 0 aromatic rings. The smallest absolute Gasteiger partial charge is 0.0708 e. The maximum Gasteiger partial charge on any atom is 0.0708 e. The molecule has 1 aliphatic carbocycles. The number of aliphatic hydroxyl groups excluding tert-OH is 1. The predicted molar refractivity (Wildman–Crippen MR) is 107 cm³/mol. The first-order chi connectivity index (χ1) is 12.6. The Morgan fingerprint density at radius 2 is 1.50 bits per heavy atom. The van der Waals surface area contributed by atoms with Gasteiger partial charge in [0.1, 0.15) is 0 Å². The fourth-order valence-corrected chi connectivity index (χ4v) is 4.45.